The highest BCUT2D eigenvalue weighted by Crippen LogP contribution is 2.36. The van der Waals surface area contributed by atoms with Crippen molar-refractivity contribution in [3.05, 3.63) is 0 Å². The van der Waals surface area contributed by atoms with Gasteiger partial charge >= 0.3 is 6.18 Å². The molecule has 4 nitrogen and oxygen atoms in total. The second-order valence-corrected chi connectivity index (χ2v) is 16.2. The summed E-state index contributed by atoms with van der Waals surface area (Å²) in [5, 5.41) is 0.136. The Balaban J connectivity index is 4.36. The lowest BCUT2D eigenvalue weighted by Crippen LogP contribution is -2.46. The summed E-state index contributed by atoms with van der Waals surface area (Å²) in [5.41, 5.74) is 0. The molecule has 0 aromatic rings. The molecule has 0 radical (unpaired) electrons. The van der Waals surface area contributed by atoms with Gasteiger partial charge in [0.2, 0.25) is 0 Å². The summed E-state index contributed by atoms with van der Waals surface area (Å²) in [7, 11) is -1.80. The van der Waals surface area contributed by atoms with Crippen LogP contribution in [0.15, 0.2) is 0 Å². The van der Waals surface area contributed by atoms with E-state index in [2.05, 4.69) is 38.6 Å². The molecule has 0 spiro atoms. The van der Waals surface area contributed by atoms with Crippen LogP contribution in [-0.2, 0) is 20.5 Å². The number of halogens is 3. The third-order valence-electron chi connectivity index (χ3n) is 4.63. The standard InChI is InChI=1S/C18H38F3NO3SSi/c1-16(2,3)26(23)22-15(10-11-18(19,20)21)14-24-12-9-13-25-27(7,8)17(4,5)6/h15,22H,9-14H2,1-8H3/t15-,26?/m0/s1. The first kappa shape index (κ1) is 27.2. The van der Waals surface area contributed by atoms with Crippen molar-refractivity contribution in [1.29, 1.82) is 0 Å². The van der Waals surface area contributed by atoms with Crippen LogP contribution in [0.2, 0.25) is 18.1 Å². The zero-order valence-corrected chi connectivity index (χ0v) is 19.9. The van der Waals surface area contributed by atoms with Crippen LogP contribution in [0.4, 0.5) is 13.2 Å². The number of alkyl halides is 3. The molecule has 0 bridgehead atoms. The topological polar surface area (TPSA) is 53.5 Å². The quantitative estimate of drug-likeness (QED) is 0.277. The smallest absolute Gasteiger partial charge is 0.389 e. The Morgan fingerprint density at radius 3 is 2.04 bits per heavy atom. The van der Waals surface area contributed by atoms with Crippen LogP contribution in [0, 0.1) is 0 Å². The molecule has 0 aromatic carbocycles. The molecule has 0 aliphatic carbocycles. The van der Waals surface area contributed by atoms with Gasteiger partial charge < -0.3 is 13.7 Å². The van der Waals surface area contributed by atoms with Crippen molar-refractivity contribution in [3.63, 3.8) is 0 Å². The molecular formula is C18H38F3NO3SSi. The molecule has 0 saturated heterocycles. The lowest BCUT2D eigenvalue weighted by molar-refractivity contribution is -0.137. The molecule has 164 valence electrons. The summed E-state index contributed by atoms with van der Waals surface area (Å²) in [6.07, 6.45) is -4.64. The summed E-state index contributed by atoms with van der Waals surface area (Å²) in [6, 6.07) is -0.604. The van der Waals surface area contributed by atoms with Gasteiger partial charge in [-0.1, -0.05) is 20.8 Å². The molecule has 0 aromatic heterocycles. The largest absolute Gasteiger partial charge is 0.598 e. The normalized spacial score (nSPS) is 16.4. The molecule has 0 aliphatic heterocycles. The fraction of sp³-hybridized carbons (Fsp3) is 1.00. The molecule has 0 rings (SSSR count). The number of nitrogens with one attached hydrogen (secondary N) is 1. The molecule has 1 unspecified atom stereocenters. The highest BCUT2D eigenvalue weighted by atomic mass is 32.2. The van der Waals surface area contributed by atoms with Crippen LogP contribution in [0.25, 0.3) is 0 Å². The van der Waals surface area contributed by atoms with Crippen LogP contribution < -0.4 is 4.72 Å². The van der Waals surface area contributed by atoms with Crippen molar-refractivity contribution in [2.24, 2.45) is 0 Å². The number of rotatable bonds is 11. The first-order valence-electron chi connectivity index (χ1n) is 9.42. The van der Waals surface area contributed by atoms with E-state index in [9.17, 15) is 17.7 Å². The van der Waals surface area contributed by atoms with E-state index in [1.54, 1.807) is 20.8 Å². The van der Waals surface area contributed by atoms with Crippen molar-refractivity contribution in [2.45, 2.75) is 95.9 Å². The SMILES string of the molecule is CC(C)(C)[S+]([O-])N[C@@H](CCC(F)(F)F)COCCCO[Si](C)(C)C(C)(C)C. The zero-order valence-electron chi connectivity index (χ0n) is 18.1. The average Bonchev–Trinajstić information content (AvgIpc) is 2.44. The minimum Gasteiger partial charge on any atom is -0.598 e. The van der Waals surface area contributed by atoms with E-state index in [1.807, 2.05) is 0 Å². The third-order valence-corrected chi connectivity index (χ3v) is 10.8. The molecule has 2 atom stereocenters. The van der Waals surface area contributed by atoms with E-state index in [-0.39, 0.29) is 18.1 Å². The molecule has 0 fully saturated rings. The summed E-state index contributed by atoms with van der Waals surface area (Å²) < 4.78 is 63.6. The predicted molar refractivity (Wildman–Crippen MR) is 109 cm³/mol. The molecule has 1 N–H and O–H groups in total. The highest BCUT2D eigenvalue weighted by molar-refractivity contribution is 7.90. The van der Waals surface area contributed by atoms with Gasteiger partial charge in [0.25, 0.3) is 0 Å². The summed E-state index contributed by atoms with van der Waals surface area (Å²) in [6.45, 7) is 17.2. The van der Waals surface area contributed by atoms with E-state index in [0.717, 1.165) is 0 Å². The van der Waals surface area contributed by atoms with Gasteiger partial charge in [-0.25, -0.2) is 0 Å². The predicted octanol–water partition coefficient (Wildman–Crippen LogP) is 5.18. The number of hydrogen-bond donors (Lipinski definition) is 1. The number of hydrogen-bond acceptors (Lipinski definition) is 4. The van der Waals surface area contributed by atoms with Crippen LogP contribution in [-0.4, -0.2) is 49.7 Å². The molecule has 9 heteroatoms. The summed E-state index contributed by atoms with van der Waals surface area (Å²) >= 11 is -1.44. The Hall–Kier alpha value is 0.197. The van der Waals surface area contributed by atoms with E-state index < -0.39 is 43.1 Å². The molecule has 27 heavy (non-hydrogen) atoms. The van der Waals surface area contributed by atoms with Gasteiger partial charge in [0.05, 0.1) is 12.6 Å². The van der Waals surface area contributed by atoms with Gasteiger partial charge in [0, 0.05) is 31.0 Å². The Morgan fingerprint density at radius 2 is 1.59 bits per heavy atom. The second-order valence-electron chi connectivity index (χ2n) is 9.39. The molecular weight excluding hydrogens is 395 g/mol. The lowest BCUT2D eigenvalue weighted by Gasteiger charge is -2.36. The zero-order chi connectivity index (χ0) is 21.5. The van der Waals surface area contributed by atoms with Crippen LogP contribution >= 0.6 is 0 Å². The van der Waals surface area contributed by atoms with E-state index in [0.29, 0.717) is 19.6 Å². The van der Waals surface area contributed by atoms with Crippen molar-refractivity contribution >= 4 is 19.7 Å². The number of ether oxygens (including phenoxy) is 1. The highest BCUT2D eigenvalue weighted by Gasteiger charge is 2.37. The average molecular weight is 434 g/mol. The van der Waals surface area contributed by atoms with Crippen molar-refractivity contribution in [2.75, 3.05) is 19.8 Å². The van der Waals surface area contributed by atoms with E-state index in [4.69, 9.17) is 9.16 Å². The molecule has 0 saturated carbocycles. The van der Waals surface area contributed by atoms with Gasteiger partial charge in [0.15, 0.2) is 8.32 Å². The maximum absolute atomic E-state index is 12.5. The Labute approximate surface area is 167 Å². The first-order chi connectivity index (χ1) is 12.0. The van der Waals surface area contributed by atoms with Crippen molar-refractivity contribution < 1.29 is 26.9 Å². The Bertz CT molecular complexity index is 424. The minimum atomic E-state index is -4.24. The Kier molecular flexibility index (Phi) is 10.9. The second kappa shape index (κ2) is 10.8. The third kappa shape index (κ3) is 12.4. The summed E-state index contributed by atoms with van der Waals surface area (Å²) in [5.74, 6) is 0. The minimum absolute atomic E-state index is 0.0952. The lowest BCUT2D eigenvalue weighted by atomic mass is 10.2. The Morgan fingerprint density at radius 1 is 1.04 bits per heavy atom. The van der Waals surface area contributed by atoms with Gasteiger partial charge in [-0.3, -0.25) is 0 Å². The van der Waals surface area contributed by atoms with E-state index >= 15 is 0 Å². The fourth-order valence-electron chi connectivity index (χ4n) is 1.77. The van der Waals surface area contributed by atoms with Crippen LogP contribution in [0.5, 0.6) is 0 Å². The maximum atomic E-state index is 12.5. The molecule has 0 heterocycles. The van der Waals surface area contributed by atoms with Gasteiger partial charge in [-0.15, -0.1) is 4.72 Å². The summed E-state index contributed by atoms with van der Waals surface area (Å²) in [4.78, 5) is 0. The van der Waals surface area contributed by atoms with Gasteiger partial charge in [0.1, 0.15) is 4.75 Å². The maximum Gasteiger partial charge on any atom is 0.389 e. The van der Waals surface area contributed by atoms with Crippen LogP contribution in [0.1, 0.15) is 60.8 Å². The van der Waals surface area contributed by atoms with Crippen LogP contribution in [0.3, 0.4) is 0 Å². The first-order valence-corrected chi connectivity index (χ1v) is 13.5. The molecule has 0 amide bonds. The molecule has 0 aliphatic rings. The van der Waals surface area contributed by atoms with Gasteiger partial charge in [-0.2, -0.15) is 13.2 Å². The van der Waals surface area contributed by atoms with Gasteiger partial charge in [-0.05, 0) is 51.7 Å². The van der Waals surface area contributed by atoms with Crippen molar-refractivity contribution in [1.82, 2.24) is 4.72 Å². The fourth-order valence-corrected chi connectivity index (χ4v) is 3.70. The van der Waals surface area contributed by atoms with Crippen molar-refractivity contribution in [3.8, 4) is 0 Å². The van der Waals surface area contributed by atoms with E-state index in [1.165, 1.54) is 0 Å². The monoisotopic (exact) mass is 433 g/mol.